The Hall–Kier alpha value is -2.08. The van der Waals surface area contributed by atoms with Gasteiger partial charge in [0.05, 0.1) is 10.7 Å². The zero-order valence-electron chi connectivity index (χ0n) is 10.9. The molecule has 1 aromatic heterocycles. The topological polar surface area (TPSA) is 80.0 Å². The molecule has 3 rings (SSSR count). The summed E-state index contributed by atoms with van der Waals surface area (Å²) in [5, 5.41) is 3.68. The zero-order valence-corrected chi connectivity index (χ0v) is 11.6. The van der Waals surface area contributed by atoms with Gasteiger partial charge in [0.15, 0.2) is 0 Å². The Labute approximate surface area is 122 Å². The Morgan fingerprint density at radius 2 is 1.85 bits per heavy atom. The second-order valence-corrected chi connectivity index (χ2v) is 5.02. The lowest BCUT2D eigenvalue weighted by atomic mass is 10.3. The lowest BCUT2D eigenvalue weighted by Gasteiger charge is -2.16. The summed E-state index contributed by atoms with van der Waals surface area (Å²) in [6, 6.07) is 7.42. The number of aromatic nitrogens is 3. The Morgan fingerprint density at radius 1 is 1.10 bits per heavy atom. The minimum Gasteiger partial charge on any atom is -0.368 e. The number of nitrogens with one attached hydrogen (secondary N) is 1. The molecule has 2 aromatic rings. The molecule has 1 aromatic carbocycles. The first-order valence-corrected chi connectivity index (χ1v) is 6.88. The number of rotatable bonds is 3. The third kappa shape index (κ3) is 2.75. The second-order valence-electron chi connectivity index (χ2n) is 4.62. The van der Waals surface area contributed by atoms with Gasteiger partial charge in [0.25, 0.3) is 0 Å². The van der Waals surface area contributed by atoms with Crippen molar-refractivity contribution in [1.82, 2.24) is 15.0 Å². The van der Waals surface area contributed by atoms with Crippen LogP contribution in [0.5, 0.6) is 0 Å². The fraction of sp³-hybridized carbons (Fsp3) is 0.308. The van der Waals surface area contributed by atoms with Crippen LogP contribution in [0.4, 0.5) is 23.5 Å². The lowest BCUT2D eigenvalue weighted by molar-refractivity contribution is 0.887. The van der Waals surface area contributed by atoms with E-state index in [9.17, 15) is 0 Å². The monoisotopic (exact) mass is 290 g/mol. The molecule has 1 fully saturated rings. The Balaban J connectivity index is 1.88. The van der Waals surface area contributed by atoms with E-state index in [1.165, 1.54) is 0 Å². The fourth-order valence-corrected chi connectivity index (χ4v) is 2.36. The van der Waals surface area contributed by atoms with Crippen LogP contribution in [0.25, 0.3) is 0 Å². The van der Waals surface area contributed by atoms with Gasteiger partial charge >= 0.3 is 0 Å². The summed E-state index contributed by atoms with van der Waals surface area (Å²) in [5.74, 6) is 1.23. The third-order valence-corrected chi connectivity index (χ3v) is 3.48. The SMILES string of the molecule is Nc1nc(Nc2ccccc2Cl)nc(N2CCCC2)n1. The van der Waals surface area contributed by atoms with E-state index in [-0.39, 0.29) is 5.95 Å². The van der Waals surface area contributed by atoms with Crippen LogP contribution in [-0.4, -0.2) is 28.0 Å². The maximum Gasteiger partial charge on any atom is 0.233 e. The van der Waals surface area contributed by atoms with Crippen LogP contribution >= 0.6 is 11.6 Å². The molecule has 3 N–H and O–H groups in total. The molecular formula is C13H15ClN6. The zero-order chi connectivity index (χ0) is 13.9. The molecular weight excluding hydrogens is 276 g/mol. The molecule has 2 heterocycles. The predicted molar refractivity (Wildman–Crippen MR) is 80.4 cm³/mol. The van der Waals surface area contributed by atoms with Crippen LogP contribution < -0.4 is 16.0 Å². The molecule has 0 aliphatic carbocycles. The van der Waals surface area contributed by atoms with E-state index >= 15 is 0 Å². The van der Waals surface area contributed by atoms with Gasteiger partial charge in [-0.15, -0.1) is 0 Å². The third-order valence-electron chi connectivity index (χ3n) is 3.15. The largest absolute Gasteiger partial charge is 0.368 e. The minimum absolute atomic E-state index is 0.205. The lowest BCUT2D eigenvalue weighted by Crippen LogP contribution is -2.21. The van der Waals surface area contributed by atoms with Gasteiger partial charge in [-0.05, 0) is 25.0 Å². The Kier molecular flexibility index (Phi) is 3.56. The summed E-state index contributed by atoms with van der Waals surface area (Å²) in [6.45, 7) is 1.91. The standard InChI is InChI=1S/C13H15ClN6/c14-9-5-1-2-6-10(9)16-12-17-11(15)18-13(19-12)20-7-3-4-8-20/h1-2,5-6H,3-4,7-8H2,(H3,15,16,17,18,19). The molecule has 20 heavy (non-hydrogen) atoms. The number of halogens is 1. The van der Waals surface area contributed by atoms with Gasteiger partial charge in [0.2, 0.25) is 17.8 Å². The highest BCUT2D eigenvalue weighted by atomic mass is 35.5. The maximum absolute atomic E-state index is 6.11. The van der Waals surface area contributed by atoms with Crippen molar-refractivity contribution in [1.29, 1.82) is 0 Å². The number of nitrogens with zero attached hydrogens (tertiary/aromatic N) is 4. The maximum atomic E-state index is 6.11. The molecule has 0 saturated carbocycles. The van der Waals surface area contributed by atoms with Crippen molar-refractivity contribution in [2.24, 2.45) is 0 Å². The number of hydrogen-bond donors (Lipinski definition) is 2. The van der Waals surface area contributed by atoms with Crippen molar-refractivity contribution in [3.8, 4) is 0 Å². The van der Waals surface area contributed by atoms with Crippen molar-refractivity contribution in [2.75, 3.05) is 29.0 Å². The van der Waals surface area contributed by atoms with E-state index in [0.29, 0.717) is 16.9 Å². The molecule has 0 radical (unpaired) electrons. The van der Waals surface area contributed by atoms with Crippen molar-refractivity contribution < 1.29 is 0 Å². The summed E-state index contributed by atoms with van der Waals surface area (Å²) in [5.41, 5.74) is 6.50. The highest BCUT2D eigenvalue weighted by Crippen LogP contribution is 2.24. The number of benzene rings is 1. The summed E-state index contributed by atoms with van der Waals surface area (Å²) >= 11 is 6.11. The Morgan fingerprint density at radius 3 is 2.60 bits per heavy atom. The summed E-state index contributed by atoms with van der Waals surface area (Å²) in [4.78, 5) is 14.8. The fourth-order valence-electron chi connectivity index (χ4n) is 2.18. The second kappa shape index (κ2) is 5.50. The van der Waals surface area contributed by atoms with E-state index < -0.39 is 0 Å². The summed E-state index contributed by atoms with van der Waals surface area (Å²) in [6.07, 6.45) is 2.30. The van der Waals surface area contributed by atoms with E-state index in [2.05, 4.69) is 25.2 Å². The molecule has 1 aliphatic heterocycles. The first kappa shape index (κ1) is 12.9. The predicted octanol–water partition coefficient (Wildman–Crippen LogP) is 2.45. The minimum atomic E-state index is 0.205. The number of nitrogen functional groups attached to an aromatic ring is 1. The van der Waals surface area contributed by atoms with Gasteiger partial charge in [0.1, 0.15) is 0 Å². The van der Waals surface area contributed by atoms with Crippen LogP contribution in [0, 0.1) is 0 Å². The van der Waals surface area contributed by atoms with E-state index in [4.69, 9.17) is 17.3 Å². The van der Waals surface area contributed by atoms with Crippen molar-refractivity contribution >= 4 is 35.1 Å². The number of para-hydroxylation sites is 1. The van der Waals surface area contributed by atoms with Crippen LogP contribution in [0.15, 0.2) is 24.3 Å². The number of nitrogens with two attached hydrogens (primary N) is 1. The smallest absolute Gasteiger partial charge is 0.233 e. The van der Waals surface area contributed by atoms with Crippen molar-refractivity contribution in [3.05, 3.63) is 29.3 Å². The van der Waals surface area contributed by atoms with E-state index in [1.54, 1.807) is 6.07 Å². The molecule has 104 valence electrons. The van der Waals surface area contributed by atoms with Crippen LogP contribution in [-0.2, 0) is 0 Å². The van der Waals surface area contributed by atoms with Gasteiger partial charge < -0.3 is 16.0 Å². The van der Waals surface area contributed by atoms with Gasteiger partial charge in [0, 0.05) is 13.1 Å². The van der Waals surface area contributed by atoms with Gasteiger partial charge in [-0.3, -0.25) is 0 Å². The van der Waals surface area contributed by atoms with E-state index in [1.807, 2.05) is 18.2 Å². The molecule has 0 amide bonds. The van der Waals surface area contributed by atoms with Gasteiger partial charge in [-0.25, -0.2) is 0 Å². The van der Waals surface area contributed by atoms with Gasteiger partial charge in [-0.1, -0.05) is 23.7 Å². The molecule has 0 bridgehead atoms. The molecule has 7 heteroatoms. The molecule has 6 nitrogen and oxygen atoms in total. The highest BCUT2D eigenvalue weighted by molar-refractivity contribution is 6.33. The summed E-state index contributed by atoms with van der Waals surface area (Å²) < 4.78 is 0. The van der Waals surface area contributed by atoms with Gasteiger partial charge in [-0.2, -0.15) is 15.0 Å². The van der Waals surface area contributed by atoms with Crippen molar-refractivity contribution in [3.63, 3.8) is 0 Å². The average Bonchev–Trinajstić information content (AvgIpc) is 2.95. The molecule has 0 spiro atoms. The average molecular weight is 291 g/mol. The molecule has 0 atom stereocenters. The Bertz CT molecular complexity index is 612. The van der Waals surface area contributed by atoms with Crippen molar-refractivity contribution in [2.45, 2.75) is 12.8 Å². The number of anilines is 4. The quantitative estimate of drug-likeness (QED) is 0.904. The molecule has 1 aliphatic rings. The highest BCUT2D eigenvalue weighted by Gasteiger charge is 2.17. The normalized spacial score (nSPS) is 14.6. The van der Waals surface area contributed by atoms with E-state index in [0.717, 1.165) is 31.6 Å². The first-order chi connectivity index (χ1) is 9.72. The molecule has 1 saturated heterocycles. The van der Waals surface area contributed by atoms with Crippen LogP contribution in [0.2, 0.25) is 5.02 Å². The van der Waals surface area contributed by atoms with Crippen LogP contribution in [0.3, 0.4) is 0 Å². The number of hydrogen-bond acceptors (Lipinski definition) is 6. The summed E-state index contributed by atoms with van der Waals surface area (Å²) in [7, 11) is 0. The first-order valence-electron chi connectivity index (χ1n) is 6.50. The van der Waals surface area contributed by atoms with Crippen LogP contribution in [0.1, 0.15) is 12.8 Å². The molecule has 0 unspecified atom stereocenters.